The molecule has 0 heterocycles. The summed E-state index contributed by atoms with van der Waals surface area (Å²) in [4.78, 5) is 10.4. The SMILES string of the molecule is N[C@@]1(C(=O)O)CC[C@@H](O)C1. The third kappa shape index (κ3) is 1.12. The van der Waals surface area contributed by atoms with Gasteiger partial charge >= 0.3 is 5.97 Å². The maximum atomic E-state index is 10.4. The van der Waals surface area contributed by atoms with Crippen LogP contribution in [0.4, 0.5) is 0 Å². The van der Waals surface area contributed by atoms with Crippen molar-refractivity contribution in [2.24, 2.45) is 5.73 Å². The van der Waals surface area contributed by atoms with Gasteiger partial charge in [-0.3, -0.25) is 4.79 Å². The molecular weight excluding hydrogens is 134 g/mol. The Morgan fingerprint density at radius 2 is 2.30 bits per heavy atom. The lowest BCUT2D eigenvalue weighted by Gasteiger charge is -2.16. The number of aliphatic hydroxyl groups excluding tert-OH is 1. The van der Waals surface area contributed by atoms with Crippen molar-refractivity contribution >= 4 is 5.97 Å². The highest BCUT2D eigenvalue weighted by molar-refractivity contribution is 5.78. The molecule has 1 saturated carbocycles. The van der Waals surface area contributed by atoms with Gasteiger partial charge in [0.1, 0.15) is 5.54 Å². The van der Waals surface area contributed by atoms with E-state index >= 15 is 0 Å². The summed E-state index contributed by atoms with van der Waals surface area (Å²) in [5.74, 6) is -1.01. The van der Waals surface area contributed by atoms with Crippen LogP contribution in [0.1, 0.15) is 19.3 Å². The number of carboxylic acid groups (broad SMARTS) is 1. The van der Waals surface area contributed by atoms with Crippen molar-refractivity contribution < 1.29 is 15.0 Å². The predicted molar refractivity (Wildman–Crippen MR) is 34.4 cm³/mol. The van der Waals surface area contributed by atoms with Crippen LogP contribution in [0.5, 0.6) is 0 Å². The van der Waals surface area contributed by atoms with E-state index in [0.717, 1.165) is 0 Å². The monoisotopic (exact) mass is 145 g/mol. The normalized spacial score (nSPS) is 40.0. The molecule has 1 aliphatic rings. The first-order chi connectivity index (χ1) is 4.54. The second kappa shape index (κ2) is 2.21. The Bertz CT molecular complexity index is 159. The number of carbonyl (C=O) groups is 1. The van der Waals surface area contributed by atoms with Gasteiger partial charge in [0.15, 0.2) is 0 Å². The van der Waals surface area contributed by atoms with Crippen LogP contribution < -0.4 is 5.73 Å². The van der Waals surface area contributed by atoms with E-state index in [9.17, 15) is 4.79 Å². The first-order valence-electron chi connectivity index (χ1n) is 3.25. The Hall–Kier alpha value is -0.610. The van der Waals surface area contributed by atoms with Gasteiger partial charge in [-0.1, -0.05) is 0 Å². The maximum Gasteiger partial charge on any atom is 0.323 e. The molecule has 0 aromatic carbocycles. The highest BCUT2D eigenvalue weighted by Crippen LogP contribution is 2.27. The van der Waals surface area contributed by atoms with E-state index in [0.29, 0.717) is 12.8 Å². The second-order valence-corrected chi connectivity index (χ2v) is 2.86. The Kier molecular flexibility index (Phi) is 1.66. The topological polar surface area (TPSA) is 83.6 Å². The standard InChI is InChI=1S/C6H11NO3/c7-6(5(9)10)2-1-4(8)3-6/h4,8H,1-3,7H2,(H,9,10)/t4-,6+/m1/s1. The Labute approximate surface area is 58.6 Å². The van der Waals surface area contributed by atoms with Crippen molar-refractivity contribution in [1.82, 2.24) is 0 Å². The Morgan fingerprint density at radius 3 is 2.50 bits per heavy atom. The average molecular weight is 145 g/mol. The van der Waals surface area contributed by atoms with Gasteiger partial charge in [0, 0.05) is 6.42 Å². The zero-order valence-electron chi connectivity index (χ0n) is 5.58. The number of hydrogen-bond donors (Lipinski definition) is 3. The van der Waals surface area contributed by atoms with Crippen LogP contribution in [-0.2, 0) is 4.79 Å². The maximum absolute atomic E-state index is 10.4. The fraction of sp³-hybridized carbons (Fsp3) is 0.833. The fourth-order valence-electron chi connectivity index (χ4n) is 1.24. The lowest BCUT2D eigenvalue weighted by atomic mass is 10.00. The number of hydrogen-bond acceptors (Lipinski definition) is 3. The summed E-state index contributed by atoms with van der Waals surface area (Å²) < 4.78 is 0. The van der Waals surface area contributed by atoms with Crippen LogP contribution >= 0.6 is 0 Å². The molecule has 0 saturated heterocycles. The van der Waals surface area contributed by atoms with Crippen LogP contribution in [0.15, 0.2) is 0 Å². The van der Waals surface area contributed by atoms with E-state index in [1.165, 1.54) is 0 Å². The second-order valence-electron chi connectivity index (χ2n) is 2.86. The van der Waals surface area contributed by atoms with Crippen molar-refractivity contribution in [3.63, 3.8) is 0 Å². The third-order valence-corrected chi connectivity index (χ3v) is 1.95. The van der Waals surface area contributed by atoms with Crippen LogP contribution in [0.25, 0.3) is 0 Å². The van der Waals surface area contributed by atoms with E-state index in [-0.39, 0.29) is 6.42 Å². The molecule has 2 atom stereocenters. The molecule has 58 valence electrons. The number of carboxylic acids is 1. The molecule has 4 N–H and O–H groups in total. The van der Waals surface area contributed by atoms with Gasteiger partial charge in [0.05, 0.1) is 6.10 Å². The summed E-state index contributed by atoms with van der Waals surface area (Å²) in [5.41, 5.74) is 4.27. The number of rotatable bonds is 1. The summed E-state index contributed by atoms with van der Waals surface area (Å²) in [5, 5.41) is 17.5. The van der Waals surface area contributed by atoms with Gasteiger partial charge < -0.3 is 15.9 Å². The Balaban J connectivity index is 2.63. The smallest absolute Gasteiger partial charge is 0.323 e. The molecule has 0 unspecified atom stereocenters. The highest BCUT2D eigenvalue weighted by Gasteiger charge is 2.41. The fourth-order valence-corrected chi connectivity index (χ4v) is 1.24. The summed E-state index contributed by atoms with van der Waals surface area (Å²) in [7, 11) is 0. The molecule has 0 aliphatic heterocycles. The third-order valence-electron chi connectivity index (χ3n) is 1.95. The molecule has 0 radical (unpaired) electrons. The van der Waals surface area contributed by atoms with Crippen LogP contribution in [0, 0.1) is 0 Å². The van der Waals surface area contributed by atoms with Gasteiger partial charge in [-0.15, -0.1) is 0 Å². The molecule has 0 spiro atoms. The van der Waals surface area contributed by atoms with Crippen molar-refractivity contribution in [3.8, 4) is 0 Å². The average Bonchev–Trinajstić information content (AvgIpc) is 2.13. The van der Waals surface area contributed by atoms with Gasteiger partial charge in [-0.2, -0.15) is 0 Å². The molecular formula is C6H11NO3. The molecule has 4 nitrogen and oxygen atoms in total. The minimum absolute atomic E-state index is 0.183. The van der Waals surface area contributed by atoms with Crippen molar-refractivity contribution in [2.75, 3.05) is 0 Å². The van der Waals surface area contributed by atoms with E-state index in [2.05, 4.69) is 0 Å². The lowest BCUT2D eigenvalue weighted by Crippen LogP contribution is -2.45. The summed E-state index contributed by atoms with van der Waals surface area (Å²) >= 11 is 0. The van der Waals surface area contributed by atoms with Crippen molar-refractivity contribution in [1.29, 1.82) is 0 Å². The Morgan fingerprint density at radius 1 is 1.70 bits per heavy atom. The predicted octanol–water partition coefficient (Wildman–Crippen LogP) is -0.687. The van der Waals surface area contributed by atoms with Crippen molar-refractivity contribution in [3.05, 3.63) is 0 Å². The summed E-state index contributed by atoms with van der Waals surface area (Å²) in [6.45, 7) is 0. The number of nitrogens with two attached hydrogens (primary N) is 1. The molecule has 0 aromatic heterocycles. The lowest BCUT2D eigenvalue weighted by molar-refractivity contribution is -0.143. The van der Waals surface area contributed by atoms with Crippen LogP contribution in [0.2, 0.25) is 0 Å². The molecule has 1 fully saturated rings. The zero-order valence-corrected chi connectivity index (χ0v) is 5.58. The molecule has 0 aromatic rings. The quantitative estimate of drug-likeness (QED) is 0.456. The molecule has 0 amide bonds. The first-order valence-corrected chi connectivity index (χ1v) is 3.25. The minimum Gasteiger partial charge on any atom is -0.480 e. The van der Waals surface area contributed by atoms with Crippen LogP contribution in [-0.4, -0.2) is 27.8 Å². The van der Waals surface area contributed by atoms with E-state index < -0.39 is 17.6 Å². The largest absolute Gasteiger partial charge is 0.480 e. The molecule has 4 heteroatoms. The van der Waals surface area contributed by atoms with Crippen molar-refractivity contribution in [2.45, 2.75) is 30.9 Å². The minimum atomic E-state index is -1.17. The molecule has 10 heavy (non-hydrogen) atoms. The number of aliphatic hydroxyl groups is 1. The molecule has 0 bridgehead atoms. The highest BCUT2D eigenvalue weighted by atomic mass is 16.4. The van der Waals surface area contributed by atoms with Gasteiger partial charge in [0.2, 0.25) is 0 Å². The van der Waals surface area contributed by atoms with Crippen LogP contribution in [0.3, 0.4) is 0 Å². The van der Waals surface area contributed by atoms with E-state index in [1.807, 2.05) is 0 Å². The first kappa shape index (κ1) is 7.50. The van der Waals surface area contributed by atoms with Gasteiger partial charge in [-0.25, -0.2) is 0 Å². The molecule has 1 aliphatic carbocycles. The zero-order chi connectivity index (χ0) is 7.78. The van der Waals surface area contributed by atoms with E-state index in [4.69, 9.17) is 15.9 Å². The van der Waals surface area contributed by atoms with Gasteiger partial charge in [-0.05, 0) is 12.8 Å². The summed E-state index contributed by atoms with van der Waals surface area (Å²) in [6, 6.07) is 0. The van der Waals surface area contributed by atoms with Gasteiger partial charge in [0.25, 0.3) is 0 Å². The number of aliphatic carboxylic acids is 1. The molecule has 1 rings (SSSR count). The van der Waals surface area contributed by atoms with E-state index in [1.54, 1.807) is 0 Å². The summed E-state index contributed by atoms with van der Waals surface area (Å²) in [6.07, 6.45) is 0.537.